The van der Waals surface area contributed by atoms with Crippen molar-refractivity contribution in [3.8, 4) is 0 Å². The van der Waals surface area contributed by atoms with E-state index in [0.29, 0.717) is 18.5 Å². The van der Waals surface area contributed by atoms with Crippen LogP contribution in [-0.2, 0) is 9.84 Å². The van der Waals surface area contributed by atoms with E-state index < -0.39 is 9.84 Å². The van der Waals surface area contributed by atoms with Crippen LogP contribution in [0, 0.1) is 0 Å². The molecule has 1 aromatic rings. The average molecular weight is 242 g/mol. The van der Waals surface area contributed by atoms with E-state index >= 15 is 0 Å². The van der Waals surface area contributed by atoms with Gasteiger partial charge in [0.15, 0.2) is 5.82 Å². The van der Waals surface area contributed by atoms with Gasteiger partial charge in [-0.25, -0.2) is 8.42 Å². The smallest absolute Gasteiger partial charge is 0.169 e. The lowest BCUT2D eigenvalue weighted by Gasteiger charge is -2.21. The first-order chi connectivity index (χ1) is 7.48. The van der Waals surface area contributed by atoms with Crippen LogP contribution >= 0.6 is 0 Å². The van der Waals surface area contributed by atoms with Crippen LogP contribution < -0.4 is 11.5 Å². The van der Waals surface area contributed by atoms with Gasteiger partial charge in [-0.1, -0.05) is 0 Å². The third-order valence-electron chi connectivity index (χ3n) is 2.85. The molecule has 1 aromatic heterocycles. The van der Waals surface area contributed by atoms with Gasteiger partial charge in [-0.2, -0.15) is 5.10 Å². The summed E-state index contributed by atoms with van der Waals surface area (Å²) in [7, 11) is -2.85. The Morgan fingerprint density at radius 1 is 1.19 bits per heavy atom. The number of nitrogens with zero attached hydrogens (tertiary/aromatic N) is 2. The fraction of sp³-hybridized carbons (Fsp3) is 0.556. The summed E-state index contributed by atoms with van der Waals surface area (Å²) in [6.07, 6.45) is 1.17. The van der Waals surface area contributed by atoms with E-state index in [0.717, 1.165) is 5.69 Å². The van der Waals surface area contributed by atoms with Crippen LogP contribution in [0.3, 0.4) is 0 Å². The number of nitrogens with two attached hydrogens (primary N) is 2. The zero-order valence-corrected chi connectivity index (χ0v) is 9.57. The average Bonchev–Trinajstić information content (AvgIpc) is 2.22. The monoisotopic (exact) mass is 242 g/mol. The molecule has 2 rings (SSSR count). The van der Waals surface area contributed by atoms with Crippen molar-refractivity contribution in [1.29, 1.82) is 0 Å². The largest absolute Gasteiger partial charge is 0.396 e. The highest BCUT2D eigenvalue weighted by atomic mass is 32.2. The lowest BCUT2D eigenvalue weighted by molar-refractivity contribution is 0.542. The Balaban J connectivity index is 2.17. The van der Waals surface area contributed by atoms with Crippen molar-refractivity contribution in [1.82, 2.24) is 10.2 Å². The Morgan fingerprint density at radius 2 is 1.81 bits per heavy atom. The van der Waals surface area contributed by atoms with Crippen LogP contribution in [0.2, 0.25) is 0 Å². The van der Waals surface area contributed by atoms with Crippen molar-refractivity contribution >= 4 is 21.3 Å². The van der Waals surface area contributed by atoms with Crippen molar-refractivity contribution in [2.24, 2.45) is 0 Å². The number of hydrogen-bond donors (Lipinski definition) is 2. The summed E-state index contributed by atoms with van der Waals surface area (Å²) < 4.78 is 22.5. The van der Waals surface area contributed by atoms with E-state index in [1.807, 2.05) is 0 Å². The summed E-state index contributed by atoms with van der Waals surface area (Å²) in [4.78, 5) is 0. The molecule has 0 atom stereocenters. The van der Waals surface area contributed by atoms with Gasteiger partial charge in [-0.3, -0.25) is 0 Å². The first-order valence-corrected chi connectivity index (χ1v) is 6.89. The molecule has 4 N–H and O–H groups in total. The molecule has 0 unspecified atom stereocenters. The number of rotatable bonds is 1. The van der Waals surface area contributed by atoms with Gasteiger partial charge >= 0.3 is 0 Å². The number of sulfone groups is 1. The molecule has 0 saturated carbocycles. The molecule has 7 heteroatoms. The van der Waals surface area contributed by atoms with Gasteiger partial charge < -0.3 is 11.5 Å². The van der Waals surface area contributed by atoms with Crippen LogP contribution in [0.25, 0.3) is 0 Å². The Labute approximate surface area is 94.0 Å². The normalized spacial score (nSPS) is 20.8. The van der Waals surface area contributed by atoms with Crippen LogP contribution in [-0.4, -0.2) is 30.1 Å². The molecule has 1 saturated heterocycles. The maximum Gasteiger partial charge on any atom is 0.169 e. The SMILES string of the molecule is Nc1cc(C2CCS(=O)(=O)CC2)nnc1N. The molecule has 0 aliphatic carbocycles. The molecule has 16 heavy (non-hydrogen) atoms. The third kappa shape index (κ3) is 2.24. The molecule has 1 fully saturated rings. The van der Waals surface area contributed by atoms with E-state index in [1.54, 1.807) is 6.07 Å². The Hall–Kier alpha value is -1.37. The molecular formula is C9H14N4O2S. The van der Waals surface area contributed by atoms with Crippen molar-refractivity contribution < 1.29 is 8.42 Å². The molecule has 0 radical (unpaired) electrons. The molecule has 0 amide bonds. The van der Waals surface area contributed by atoms with E-state index in [4.69, 9.17) is 11.5 Å². The van der Waals surface area contributed by atoms with Crippen molar-refractivity contribution in [3.05, 3.63) is 11.8 Å². The summed E-state index contributed by atoms with van der Waals surface area (Å²) >= 11 is 0. The molecule has 2 heterocycles. The number of aromatic nitrogens is 2. The minimum atomic E-state index is -2.85. The molecule has 0 spiro atoms. The molecule has 6 nitrogen and oxygen atoms in total. The molecule has 0 aromatic carbocycles. The minimum absolute atomic E-state index is 0.124. The van der Waals surface area contributed by atoms with Crippen molar-refractivity contribution in [2.45, 2.75) is 18.8 Å². The summed E-state index contributed by atoms with van der Waals surface area (Å²) in [5.41, 5.74) is 12.2. The second-order valence-corrected chi connectivity index (χ2v) is 6.34. The van der Waals surface area contributed by atoms with Crippen LogP contribution in [0.4, 0.5) is 11.5 Å². The molecule has 1 aliphatic heterocycles. The minimum Gasteiger partial charge on any atom is -0.396 e. The van der Waals surface area contributed by atoms with E-state index in [-0.39, 0.29) is 23.2 Å². The summed E-state index contributed by atoms with van der Waals surface area (Å²) in [5, 5.41) is 7.70. The summed E-state index contributed by atoms with van der Waals surface area (Å²) in [6.45, 7) is 0. The van der Waals surface area contributed by atoms with Gasteiger partial charge in [0.05, 0.1) is 22.9 Å². The standard InChI is InChI=1S/C9H14N4O2S/c10-7-5-8(12-13-9(7)11)6-1-3-16(14,15)4-2-6/h5-6H,1-4H2,(H2,10,12)(H2,11,13). The fourth-order valence-electron chi connectivity index (χ4n) is 1.82. The van der Waals surface area contributed by atoms with E-state index in [2.05, 4.69) is 10.2 Å². The highest BCUT2D eigenvalue weighted by molar-refractivity contribution is 7.91. The van der Waals surface area contributed by atoms with Gasteiger partial charge in [0.1, 0.15) is 9.84 Å². The number of hydrogen-bond acceptors (Lipinski definition) is 6. The molecule has 0 bridgehead atoms. The zero-order chi connectivity index (χ0) is 11.8. The van der Waals surface area contributed by atoms with Crippen LogP contribution in [0.15, 0.2) is 6.07 Å². The van der Waals surface area contributed by atoms with Gasteiger partial charge in [0.25, 0.3) is 0 Å². The van der Waals surface area contributed by atoms with E-state index in [1.165, 1.54) is 0 Å². The van der Waals surface area contributed by atoms with Gasteiger partial charge in [-0.15, -0.1) is 5.10 Å². The Kier molecular flexibility index (Phi) is 2.71. The van der Waals surface area contributed by atoms with E-state index in [9.17, 15) is 8.42 Å². The second kappa shape index (κ2) is 3.89. The van der Waals surface area contributed by atoms with Crippen molar-refractivity contribution in [2.75, 3.05) is 23.0 Å². The van der Waals surface area contributed by atoms with Crippen LogP contribution in [0.1, 0.15) is 24.5 Å². The third-order valence-corrected chi connectivity index (χ3v) is 4.56. The maximum absolute atomic E-state index is 11.3. The Morgan fingerprint density at radius 3 is 2.38 bits per heavy atom. The Bertz CT molecular complexity index is 486. The second-order valence-electron chi connectivity index (χ2n) is 4.04. The molecular weight excluding hydrogens is 228 g/mol. The highest BCUT2D eigenvalue weighted by Crippen LogP contribution is 2.28. The highest BCUT2D eigenvalue weighted by Gasteiger charge is 2.26. The first kappa shape index (κ1) is 11.1. The van der Waals surface area contributed by atoms with Crippen LogP contribution in [0.5, 0.6) is 0 Å². The van der Waals surface area contributed by atoms with Gasteiger partial charge in [0, 0.05) is 5.92 Å². The number of nitrogen functional groups attached to an aromatic ring is 2. The quantitative estimate of drug-likeness (QED) is 0.713. The molecule has 88 valence electrons. The predicted molar refractivity (Wildman–Crippen MR) is 61.5 cm³/mol. The van der Waals surface area contributed by atoms with Crippen molar-refractivity contribution in [3.63, 3.8) is 0 Å². The summed E-state index contributed by atoms with van der Waals surface area (Å²) in [6, 6.07) is 1.69. The lowest BCUT2D eigenvalue weighted by Crippen LogP contribution is -2.23. The number of anilines is 2. The maximum atomic E-state index is 11.3. The predicted octanol–water partition coefficient (Wildman–Crippen LogP) is -0.0668. The molecule has 1 aliphatic rings. The summed E-state index contributed by atoms with van der Waals surface area (Å²) in [5.74, 6) is 0.763. The van der Waals surface area contributed by atoms with Gasteiger partial charge in [0.2, 0.25) is 0 Å². The van der Waals surface area contributed by atoms with Gasteiger partial charge in [-0.05, 0) is 18.9 Å². The topological polar surface area (TPSA) is 112 Å². The first-order valence-electron chi connectivity index (χ1n) is 5.07. The lowest BCUT2D eigenvalue weighted by atomic mass is 9.98. The fourth-order valence-corrected chi connectivity index (χ4v) is 3.31. The zero-order valence-electron chi connectivity index (χ0n) is 8.76.